The van der Waals surface area contributed by atoms with Crippen molar-refractivity contribution in [2.75, 3.05) is 7.11 Å². The fourth-order valence-corrected chi connectivity index (χ4v) is 1.52. The van der Waals surface area contributed by atoms with Crippen molar-refractivity contribution in [3.8, 4) is 5.88 Å². The fraction of sp³-hybridized carbons (Fsp3) is 0.400. The first-order valence-electron chi connectivity index (χ1n) is 4.81. The standard InChI is InChI=1S/C10H8F5NO3/c1-19-9-7(8(11)12)4(2-6(17)18)5(3-16-9)10(13,14)15/h3,8H,2H2,1H3,(H,17,18). The highest BCUT2D eigenvalue weighted by Gasteiger charge is 2.38. The number of methoxy groups -OCH3 is 1. The van der Waals surface area contributed by atoms with Crippen LogP contribution in [0.3, 0.4) is 0 Å². The molecule has 0 aromatic carbocycles. The molecule has 106 valence electrons. The molecule has 1 rings (SSSR count). The second kappa shape index (κ2) is 5.37. The maximum absolute atomic E-state index is 12.8. The number of pyridine rings is 1. The van der Waals surface area contributed by atoms with Gasteiger partial charge in [-0.05, 0) is 5.56 Å². The van der Waals surface area contributed by atoms with Crippen molar-refractivity contribution in [2.45, 2.75) is 19.0 Å². The summed E-state index contributed by atoms with van der Waals surface area (Å²) >= 11 is 0. The minimum absolute atomic E-state index is 0.281. The van der Waals surface area contributed by atoms with Gasteiger partial charge in [0, 0.05) is 6.20 Å². The van der Waals surface area contributed by atoms with Crippen molar-refractivity contribution >= 4 is 5.97 Å². The number of carbonyl (C=O) groups is 1. The molecule has 1 N–H and O–H groups in total. The van der Waals surface area contributed by atoms with Gasteiger partial charge in [0.1, 0.15) is 0 Å². The summed E-state index contributed by atoms with van der Waals surface area (Å²) in [6.45, 7) is 0. The summed E-state index contributed by atoms with van der Waals surface area (Å²) < 4.78 is 68.0. The lowest BCUT2D eigenvalue weighted by Crippen LogP contribution is -2.16. The normalized spacial score (nSPS) is 11.7. The van der Waals surface area contributed by atoms with Crippen LogP contribution in [0.2, 0.25) is 0 Å². The van der Waals surface area contributed by atoms with Crippen LogP contribution in [0.1, 0.15) is 23.1 Å². The molecule has 0 radical (unpaired) electrons. The highest BCUT2D eigenvalue weighted by Crippen LogP contribution is 2.39. The van der Waals surface area contributed by atoms with Crippen molar-refractivity contribution < 1.29 is 36.6 Å². The molecule has 0 unspecified atom stereocenters. The van der Waals surface area contributed by atoms with Crippen molar-refractivity contribution in [3.63, 3.8) is 0 Å². The van der Waals surface area contributed by atoms with E-state index in [0.717, 1.165) is 7.11 Å². The zero-order chi connectivity index (χ0) is 14.8. The van der Waals surface area contributed by atoms with Gasteiger partial charge >= 0.3 is 12.1 Å². The maximum Gasteiger partial charge on any atom is 0.418 e. The molecule has 1 aromatic heterocycles. The SMILES string of the molecule is COc1ncc(C(F)(F)F)c(CC(=O)O)c1C(F)F. The third-order valence-electron chi connectivity index (χ3n) is 2.24. The number of carboxylic acids is 1. The average molecular weight is 285 g/mol. The number of hydrogen-bond donors (Lipinski definition) is 1. The Morgan fingerprint density at radius 3 is 2.42 bits per heavy atom. The summed E-state index contributed by atoms with van der Waals surface area (Å²) in [5.41, 5.74) is -3.70. The second-order valence-electron chi connectivity index (χ2n) is 3.44. The van der Waals surface area contributed by atoms with Crippen molar-refractivity contribution in [1.29, 1.82) is 0 Å². The topological polar surface area (TPSA) is 59.4 Å². The molecule has 0 aliphatic heterocycles. The lowest BCUT2D eigenvalue weighted by molar-refractivity contribution is -0.140. The molecular weight excluding hydrogens is 277 g/mol. The number of aliphatic carboxylic acids is 1. The largest absolute Gasteiger partial charge is 0.481 e. The fourth-order valence-electron chi connectivity index (χ4n) is 1.52. The van der Waals surface area contributed by atoms with E-state index in [9.17, 15) is 26.7 Å². The molecule has 0 saturated heterocycles. The minimum atomic E-state index is -4.98. The summed E-state index contributed by atoms with van der Waals surface area (Å²) in [6, 6.07) is 0. The molecule has 0 aliphatic rings. The van der Waals surface area contributed by atoms with Crippen LogP contribution in [0.4, 0.5) is 22.0 Å². The Labute approximate surface area is 103 Å². The Bertz CT molecular complexity index is 487. The monoisotopic (exact) mass is 285 g/mol. The molecule has 0 aliphatic carbocycles. The zero-order valence-corrected chi connectivity index (χ0v) is 9.46. The molecule has 1 heterocycles. The number of hydrogen-bond acceptors (Lipinski definition) is 3. The Balaban J connectivity index is 3.58. The first kappa shape index (κ1) is 15.1. The minimum Gasteiger partial charge on any atom is -0.481 e. The number of ether oxygens (including phenoxy) is 1. The molecule has 4 nitrogen and oxygen atoms in total. The van der Waals surface area contributed by atoms with Crippen LogP contribution in [0.15, 0.2) is 6.20 Å². The molecular formula is C10H8F5NO3. The predicted molar refractivity (Wildman–Crippen MR) is 52.1 cm³/mol. The molecule has 9 heteroatoms. The Kier molecular flexibility index (Phi) is 4.28. The Morgan fingerprint density at radius 2 is 2.05 bits per heavy atom. The van der Waals surface area contributed by atoms with Gasteiger partial charge in [-0.15, -0.1) is 0 Å². The third kappa shape index (κ3) is 3.30. The van der Waals surface area contributed by atoms with E-state index in [4.69, 9.17) is 5.11 Å². The van der Waals surface area contributed by atoms with Crippen molar-refractivity contribution in [2.24, 2.45) is 0 Å². The molecule has 0 atom stereocenters. The van der Waals surface area contributed by atoms with Crippen LogP contribution in [0.5, 0.6) is 5.88 Å². The first-order valence-corrected chi connectivity index (χ1v) is 4.81. The van der Waals surface area contributed by atoms with Crippen LogP contribution in [-0.4, -0.2) is 23.2 Å². The van der Waals surface area contributed by atoms with Crippen LogP contribution >= 0.6 is 0 Å². The maximum atomic E-state index is 12.8. The van der Waals surface area contributed by atoms with Gasteiger partial charge < -0.3 is 9.84 Å². The number of carboxylic acid groups (broad SMARTS) is 1. The van der Waals surface area contributed by atoms with Crippen molar-refractivity contribution in [1.82, 2.24) is 4.98 Å². The van der Waals surface area contributed by atoms with E-state index in [0.29, 0.717) is 0 Å². The van der Waals surface area contributed by atoms with Crippen LogP contribution in [-0.2, 0) is 17.4 Å². The van der Waals surface area contributed by atoms with Gasteiger partial charge in [-0.25, -0.2) is 13.8 Å². The molecule has 1 aromatic rings. The molecule has 0 fully saturated rings. The molecule has 0 spiro atoms. The first-order chi connectivity index (χ1) is 8.68. The average Bonchev–Trinajstić information content (AvgIpc) is 2.25. The second-order valence-corrected chi connectivity index (χ2v) is 3.44. The van der Waals surface area contributed by atoms with Crippen LogP contribution in [0, 0.1) is 0 Å². The quantitative estimate of drug-likeness (QED) is 0.864. The van der Waals surface area contributed by atoms with Gasteiger partial charge in [0.25, 0.3) is 6.43 Å². The third-order valence-corrected chi connectivity index (χ3v) is 2.24. The summed E-state index contributed by atoms with van der Waals surface area (Å²) in [7, 11) is 0.950. The van der Waals surface area contributed by atoms with Gasteiger partial charge in [-0.1, -0.05) is 0 Å². The van der Waals surface area contributed by atoms with Crippen LogP contribution < -0.4 is 4.74 Å². The predicted octanol–water partition coefficient (Wildman–Crippen LogP) is 2.67. The van der Waals surface area contributed by atoms with E-state index in [2.05, 4.69) is 9.72 Å². The van der Waals surface area contributed by atoms with E-state index in [1.807, 2.05) is 0 Å². The van der Waals surface area contributed by atoms with Gasteiger partial charge in [0.05, 0.1) is 24.7 Å². The number of halogens is 5. The van der Waals surface area contributed by atoms with Crippen molar-refractivity contribution in [3.05, 3.63) is 22.9 Å². The summed E-state index contributed by atoms with van der Waals surface area (Å²) in [6.07, 6.45) is -9.23. The molecule has 19 heavy (non-hydrogen) atoms. The number of rotatable bonds is 4. The highest BCUT2D eigenvalue weighted by molar-refractivity contribution is 5.72. The van der Waals surface area contributed by atoms with Gasteiger partial charge in [-0.2, -0.15) is 13.2 Å². The van der Waals surface area contributed by atoms with Crippen LogP contribution in [0.25, 0.3) is 0 Å². The number of nitrogens with zero attached hydrogens (tertiary/aromatic N) is 1. The Hall–Kier alpha value is -1.93. The van der Waals surface area contributed by atoms with Gasteiger partial charge in [0.15, 0.2) is 0 Å². The molecule has 0 amide bonds. The van der Waals surface area contributed by atoms with E-state index in [1.54, 1.807) is 0 Å². The highest BCUT2D eigenvalue weighted by atomic mass is 19.4. The molecule has 0 bridgehead atoms. The van der Waals surface area contributed by atoms with E-state index < -0.39 is 47.6 Å². The summed E-state index contributed by atoms with van der Waals surface area (Å²) in [5.74, 6) is -2.39. The van der Waals surface area contributed by atoms with E-state index in [1.165, 1.54) is 0 Å². The summed E-state index contributed by atoms with van der Waals surface area (Å²) in [5, 5.41) is 8.55. The Morgan fingerprint density at radius 1 is 1.47 bits per heavy atom. The zero-order valence-electron chi connectivity index (χ0n) is 9.46. The van der Waals surface area contributed by atoms with Gasteiger partial charge in [-0.3, -0.25) is 4.79 Å². The van der Waals surface area contributed by atoms with Gasteiger partial charge in [0.2, 0.25) is 5.88 Å². The van der Waals surface area contributed by atoms with E-state index >= 15 is 0 Å². The lowest BCUT2D eigenvalue weighted by Gasteiger charge is -2.17. The van der Waals surface area contributed by atoms with E-state index in [-0.39, 0.29) is 6.20 Å². The molecule has 0 saturated carbocycles. The number of alkyl halides is 5. The summed E-state index contributed by atoms with van der Waals surface area (Å²) in [4.78, 5) is 13.7. The smallest absolute Gasteiger partial charge is 0.418 e. The number of aromatic nitrogens is 1. The lowest BCUT2D eigenvalue weighted by atomic mass is 10.0.